The monoisotopic (exact) mass is 436 g/mol. The zero-order chi connectivity index (χ0) is 22.4. The second kappa shape index (κ2) is 9.67. The van der Waals surface area contributed by atoms with Crippen molar-refractivity contribution < 1.29 is 14.3 Å². The quantitative estimate of drug-likeness (QED) is 0.562. The number of halogens is 1. The third-order valence-corrected chi connectivity index (χ3v) is 5.76. The topological polar surface area (TPSA) is 81.4 Å². The first-order valence-electron chi connectivity index (χ1n) is 9.90. The highest BCUT2D eigenvalue weighted by Gasteiger charge is 2.38. The van der Waals surface area contributed by atoms with E-state index in [4.69, 9.17) is 22.1 Å². The van der Waals surface area contributed by atoms with Crippen LogP contribution >= 0.6 is 11.6 Å². The normalized spacial score (nSPS) is 12.1. The lowest BCUT2D eigenvalue weighted by molar-refractivity contribution is -0.129. The molecule has 0 spiro atoms. The van der Waals surface area contributed by atoms with Crippen LogP contribution < -0.4 is 15.8 Å². The number of carbonyl (C=O) groups excluding carboxylic acids is 2. The molecule has 0 aliphatic heterocycles. The average molecular weight is 437 g/mol. The number of primary amides is 1. The van der Waals surface area contributed by atoms with Crippen molar-refractivity contribution in [3.8, 4) is 5.75 Å². The number of methoxy groups -OCH3 is 1. The van der Waals surface area contributed by atoms with Gasteiger partial charge < -0.3 is 15.8 Å². The molecule has 0 aromatic heterocycles. The highest BCUT2D eigenvalue weighted by Crippen LogP contribution is 2.32. The molecule has 2 amide bonds. The highest BCUT2D eigenvalue weighted by molar-refractivity contribution is 6.32. The fourth-order valence-corrected chi connectivity index (χ4v) is 3.85. The molecule has 3 N–H and O–H groups in total. The summed E-state index contributed by atoms with van der Waals surface area (Å²) in [6.45, 7) is 1.84. The maximum atomic E-state index is 13.6. The summed E-state index contributed by atoms with van der Waals surface area (Å²) in [5.41, 5.74) is 7.02. The molecule has 0 bridgehead atoms. The Balaban J connectivity index is 1.92. The molecule has 1 atom stereocenters. The van der Waals surface area contributed by atoms with E-state index >= 15 is 0 Å². The van der Waals surface area contributed by atoms with Crippen LogP contribution in [0.1, 0.15) is 23.6 Å². The lowest BCUT2D eigenvalue weighted by atomic mass is 9.75. The number of nitrogens with one attached hydrogen (secondary N) is 1. The van der Waals surface area contributed by atoms with Gasteiger partial charge in [-0.25, -0.2) is 0 Å². The Morgan fingerprint density at radius 2 is 1.55 bits per heavy atom. The maximum Gasteiger partial charge on any atom is 0.240 e. The summed E-state index contributed by atoms with van der Waals surface area (Å²) in [4.78, 5) is 25.8. The first-order chi connectivity index (χ1) is 14.9. The summed E-state index contributed by atoms with van der Waals surface area (Å²) < 4.78 is 5.17. The molecule has 0 radical (unpaired) electrons. The Labute approximate surface area is 187 Å². The molecule has 0 saturated carbocycles. The smallest absolute Gasteiger partial charge is 0.240 e. The molecule has 0 saturated heterocycles. The van der Waals surface area contributed by atoms with Gasteiger partial charge in [0.25, 0.3) is 0 Å². The van der Waals surface area contributed by atoms with Crippen LogP contribution in [0.3, 0.4) is 0 Å². The van der Waals surface area contributed by atoms with Crippen LogP contribution in [-0.4, -0.2) is 25.0 Å². The van der Waals surface area contributed by atoms with E-state index in [1.807, 2.05) is 67.6 Å². The fraction of sp³-hybridized carbons (Fsp3) is 0.200. The molecule has 0 aliphatic rings. The van der Waals surface area contributed by atoms with E-state index < -0.39 is 17.4 Å². The zero-order valence-corrected chi connectivity index (χ0v) is 18.2. The third-order valence-electron chi connectivity index (χ3n) is 5.46. The van der Waals surface area contributed by atoms with Crippen molar-refractivity contribution in [1.29, 1.82) is 0 Å². The molecule has 31 heavy (non-hydrogen) atoms. The standard InChI is InChI=1S/C25H25ClN2O3/c1-25(18-9-5-3-6-10-18,19-11-7-4-8-12-19)24(30)28-21(23(27)29)16-17-13-14-22(31-2)20(26)15-17/h3-15,21H,16H2,1-2H3,(H2,27,29)(H,28,30)/t21-/m0/s1. The van der Waals surface area contributed by atoms with Gasteiger partial charge in [0.1, 0.15) is 11.8 Å². The van der Waals surface area contributed by atoms with E-state index in [2.05, 4.69) is 5.32 Å². The second-order valence-electron chi connectivity index (χ2n) is 7.46. The van der Waals surface area contributed by atoms with Crippen molar-refractivity contribution in [1.82, 2.24) is 5.32 Å². The van der Waals surface area contributed by atoms with E-state index in [0.29, 0.717) is 10.8 Å². The number of benzene rings is 3. The molecule has 6 heteroatoms. The zero-order valence-electron chi connectivity index (χ0n) is 17.5. The Kier molecular flexibility index (Phi) is 6.98. The predicted molar refractivity (Wildman–Crippen MR) is 122 cm³/mol. The van der Waals surface area contributed by atoms with Crippen LogP contribution in [0.25, 0.3) is 0 Å². The molecule has 0 unspecified atom stereocenters. The molecule has 160 valence electrons. The fourth-order valence-electron chi connectivity index (χ4n) is 3.57. The number of nitrogens with two attached hydrogens (primary N) is 1. The summed E-state index contributed by atoms with van der Waals surface area (Å²) in [5, 5.41) is 3.29. The predicted octanol–water partition coefficient (Wildman–Crippen LogP) is 3.87. The molecule has 5 nitrogen and oxygen atoms in total. The van der Waals surface area contributed by atoms with Crippen LogP contribution in [0, 0.1) is 0 Å². The lowest BCUT2D eigenvalue weighted by Gasteiger charge is -2.31. The van der Waals surface area contributed by atoms with Gasteiger partial charge in [0.05, 0.1) is 17.5 Å². The summed E-state index contributed by atoms with van der Waals surface area (Å²) >= 11 is 6.20. The molecule has 0 heterocycles. The Morgan fingerprint density at radius 1 is 1.00 bits per heavy atom. The van der Waals surface area contributed by atoms with Gasteiger partial charge in [0.15, 0.2) is 0 Å². The number of hydrogen-bond acceptors (Lipinski definition) is 3. The number of rotatable bonds is 8. The van der Waals surface area contributed by atoms with Gasteiger partial charge in [-0.2, -0.15) is 0 Å². The minimum atomic E-state index is -1.01. The third kappa shape index (κ3) is 4.89. The molecule has 0 fully saturated rings. The van der Waals surface area contributed by atoms with Crippen LogP contribution in [0.4, 0.5) is 0 Å². The van der Waals surface area contributed by atoms with Crippen molar-refractivity contribution in [3.05, 3.63) is 101 Å². The van der Waals surface area contributed by atoms with Gasteiger partial charge in [0.2, 0.25) is 11.8 Å². The van der Waals surface area contributed by atoms with Crippen molar-refractivity contribution in [2.45, 2.75) is 24.8 Å². The Morgan fingerprint density at radius 3 is 2.00 bits per heavy atom. The van der Waals surface area contributed by atoms with Crippen molar-refractivity contribution >= 4 is 23.4 Å². The number of ether oxygens (including phenoxy) is 1. The van der Waals surface area contributed by atoms with E-state index in [1.165, 1.54) is 7.11 Å². The summed E-state index contributed by atoms with van der Waals surface area (Å²) in [6, 6.07) is 23.2. The summed E-state index contributed by atoms with van der Waals surface area (Å²) in [5.74, 6) is -0.400. The van der Waals surface area contributed by atoms with E-state index in [-0.39, 0.29) is 12.3 Å². The molecular weight excluding hydrogens is 412 g/mol. The number of carbonyl (C=O) groups is 2. The van der Waals surface area contributed by atoms with Gasteiger partial charge in [0, 0.05) is 6.42 Å². The van der Waals surface area contributed by atoms with Gasteiger partial charge in [-0.15, -0.1) is 0 Å². The van der Waals surface area contributed by atoms with Gasteiger partial charge in [-0.05, 0) is 35.7 Å². The van der Waals surface area contributed by atoms with Crippen LogP contribution in [0.5, 0.6) is 5.75 Å². The van der Waals surface area contributed by atoms with Gasteiger partial charge >= 0.3 is 0 Å². The molecular formula is C25H25ClN2O3. The number of hydrogen-bond donors (Lipinski definition) is 2. The van der Waals surface area contributed by atoms with Crippen molar-refractivity contribution in [3.63, 3.8) is 0 Å². The van der Waals surface area contributed by atoms with Gasteiger partial charge in [-0.3, -0.25) is 9.59 Å². The Bertz CT molecular complexity index is 1020. The lowest BCUT2D eigenvalue weighted by Crippen LogP contribution is -2.52. The van der Waals surface area contributed by atoms with E-state index in [0.717, 1.165) is 16.7 Å². The second-order valence-corrected chi connectivity index (χ2v) is 7.87. The minimum absolute atomic E-state index is 0.213. The van der Waals surface area contributed by atoms with Gasteiger partial charge in [-0.1, -0.05) is 78.3 Å². The SMILES string of the molecule is COc1ccc(C[C@H](NC(=O)C(C)(c2ccccc2)c2ccccc2)C(N)=O)cc1Cl. The van der Waals surface area contributed by atoms with E-state index in [9.17, 15) is 9.59 Å². The van der Waals surface area contributed by atoms with E-state index in [1.54, 1.807) is 18.2 Å². The largest absolute Gasteiger partial charge is 0.495 e. The Hall–Kier alpha value is -3.31. The van der Waals surface area contributed by atoms with Crippen molar-refractivity contribution in [2.75, 3.05) is 7.11 Å². The maximum absolute atomic E-state index is 13.6. The first-order valence-corrected chi connectivity index (χ1v) is 10.3. The van der Waals surface area contributed by atoms with Crippen LogP contribution in [0.15, 0.2) is 78.9 Å². The molecule has 3 aromatic carbocycles. The highest BCUT2D eigenvalue weighted by atomic mass is 35.5. The summed E-state index contributed by atoms with van der Waals surface area (Å²) in [7, 11) is 1.53. The molecule has 3 aromatic rings. The van der Waals surface area contributed by atoms with Crippen LogP contribution in [-0.2, 0) is 21.4 Å². The number of amides is 2. The molecule has 0 aliphatic carbocycles. The molecule has 3 rings (SSSR count). The summed E-state index contributed by atoms with van der Waals surface area (Å²) in [6.07, 6.45) is 0.213. The minimum Gasteiger partial charge on any atom is -0.495 e. The van der Waals surface area contributed by atoms with Crippen molar-refractivity contribution in [2.24, 2.45) is 5.73 Å². The first kappa shape index (κ1) is 22.4. The average Bonchev–Trinajstić information content (AvgIpc) is 2.79. The van der Waals surface area contributed by atoms with Crippen LogP contribution in [0.2, 0.25) is 5.02 Å².